The SMILES string of the molecule is Nc1cn(-c2ccc(F)cc2F)nc1-c1cccs1. The van der Waals surface area contributed by atoms with Crippen molar-refractivity contribution in [3.8, 4) is 16.3 Å². The molecule has 0 aliphatic carbocycles. The number of anilines is 1. The molecule has 96 valence electrons. The maximum atomic E-state index is 13.7. The van der Waals surface area contributed by atoms with Gasteiger partial charge in [0.25, 0.3) is 0 Å². The first-order chi connectivity index (χ1) is 9.15. The average Bonchev–Trinajstić information content (AvgIpc) is 2.98. The number of nitrogens with two attached hydrogens (primary N) is 1. The number of rotatable bonds is 2. The smallest absolute Gasteiger partial charge is 0.151 e. The van der Waals surface area contributed by atoms with Crippen LogP contribution in [0.1, 0.15) is 0 Å². The lowest BCUT2D eigenvalue weighted by Gasteiger charge is -2.02. The molecule has 0 atom stereocenters. The predicted octanol–water partition coefficient (Wildman–Crippen LogP) is 3.46. The molecule has 2 heterocycles. The van der Waals surface area contributed by atoms with Crippen molar-refractivity contribution < 1.29 is 8.78 Å². The van der Waals surface area contributed by atoms with Gasteiger partial charge in [0.2, 0.25) is 0 Å². The van der Waals surface area contributed by atoms with Gasteiger partial charge in [-0.15, -0.1) is 11.3 Å². The zero-order chi connectivity index (χ0) is 13.4. The van der Waals surface area contributed by atoms with E-state index in [-0.39, 0.29) is 5.69 Å². The normalized spacial score (nSPS) is 10.8. The summed E-state index contributed by atoms with van der Waals surface area (Å²) in [5.74, 6) is -1.31. The van der Waals surface area contributed by atoms with Crippen molar-refractivity contribution in [3.63, 3.8) is 0 Å². The highest BCUT2D eigenvalue weighted by atomic mass is 32.1. The van der Waals surface area contributed by atoms with Crippen LogP contribution in [0.15, 0.2) is 41.9 Å². The minimum atomic E-state index is -0.680. The van der Waals surface area contributed by atoms with Crippen molar-refractivity contribution in [2.45, 2.75) is 0 Å². The highest BCUT2D eigenvalue weighted by molar-refractivity contribution is 7.13. The van der Waals surface area contributed by atoms with Gasteiger partial charge < -0.3 is 5.73 Å². The van der Waals surface area contributed by atoms with Crippen LogP contribution < -0.4 is 5.73 Å². The molecule has 19 heavy (non-hydrogen) atoms. The van der Waals surface area contributed by atoms with Gasteiger partial charge in [-0.05, 0) is 23.6 Å². The molecule has 2 N–H and O–H groups in total. The minimum Gasteiger partial charge on any atom is -0.396 e. The molecule has 3 nitrogen and oxygen atoms in total. The molecule has 6 heteroatoms. The second-order valence-electron chi connectivity index (χ2n) is 3.95. The van der Waals surface area contributed by atoms with E-state index in [9.17, 15) is 8.78 Å². The molecule has 0 unspecified atom stereocenters. The summed E-state index contributed by atoms with van der Waals surface area (Å²) in [6, 6.07) is 7.10. The highest BCUT2D eigenvalue weighted by Gasteiger charge is 2.13. The largest absolute Gasteiger partial charge is 0.396 e. The molecular weight excluding hydrogens is 268 g/mol. The number of nitrogens with zero attached hydrogens (tertiary/aromatic N) is 2. The first-order valence-corrected chi connectivity index (χ1v) is 6.37. The average molecular weight is 277 g/mol. The molecule has 0 saturated carbocycles. The van der Waals surface area contributed by atoms with Crippen molar-refractivity contribution in [2.24, 2.45) is 0 Å². The summed E-state index contributed by atoms with van der Waals surface area (Å²) in [5.41, 5.74) is 7.09. The Morgan fingerprint density at radius 3 is 2.74 bits per heavy atom. The van der Waals surface area contributed by atoms with E-state index in [0.717, 1.165) is 10.9 Å². The van der Waals surface area contributed by atoms with Gasteiger partial charge in [0.05, 0.1) is 16.8 Å². The first kappa shape index (κ1) is 11.9. The zero-order valence-corrected chi connectivity index (χ0v) is 10.5. The topological polar surface area (TPSA) is 43.8 Å². The second-order valence-corrected chi connectivity index (χ2v) is 4.90. The van der Waals surface area contributed by atoms with Crippen LogP contribution in [0.25, 0.3) is 16.3 Å². The van der Waals surface area contributed by atoms with Gasteiger partial charge in [-0.25, -0.2) is 13.5 Å². The summed E-state index contributed by atoms with van der Waals surface area (Å²) in [4.78, 5) is 0.902. The number of nitrogen functional groups attached to an aromatic ring is 1. The van der Waals surface area contributed by atoms with Gasteiger partial charge >= 0.3 is 0 Å². The maximum Gasteiger partial charge on any atom is 0.151 e. The van der Waals surface area contributed by atoms with Crippen LogP contribution in [0.2, 0.25) is 0 Å². The third kappa shape index (κ3) is 2.10. The molecular formula is C13H9F2N3S. The fourth-order valence-corrected chi connectivity index (χ4v) is 2.51. The molecule has 0 bridgehead atoms. The molecule has 1 aromatic carbocycles. The summed E-state index contributed by atoms with van der Waals surface area (Å²) in [5, 5.41) is 6.16. The molecule has 2 aromatic heterocycles. The number of hydrogen-bond acceptors (Lipinski definition) is 3. The number of halogens is 2. The Balaban J connectivity index is 2.10. The Kier molecular flexibility index (Phi) is 2.79. The van der Waals surface area contributed by atoms with Crippen LogP contribution in [0.5, 0.6) is 0 Å². The lowest BCUT2D eigenvalue weighted by Crippen LogP contribution is -1.99. The summed E-state index contributed by atoms with van der Waals surface area (Å²) in [6.07, 6.45) is 1.52. The van der Waals surface area contributed by atoms with E-state index in [1.54, 1.807) is 0 Å². The fourth-order valence-electron chi connectivity index (χ4n) is 1.78. The molecule has 0 spiro atoms. The van der Waals surface area contributed by atoms with Crippen molar-refractivity contribution in [2.75, 3.05) is 5.73 Å². The van der Waals surface area contributed by atoms with Crippen LogP contribution in [0, 0.1) is 11.6 Å². The number of aromatic nitrogens is 2. The zero-order valence-electron chi connectivity index (χ0n) is 9.68. The quantitative estimate of drug-likeness (QED) is 0.779. The van der Waals surface area contributed by atoms with E-state index in [4.69, 9.17) is 5.73 Å². The van der Waals surface area contributed by atoms with Gasteiger partial charge in [0.1, 0.15) is 17.2 Å². The Hall–Kier alpha value is -2.21. The number of thiophene rings is 1. The molecule has 0 fully saturated rings. The molecule has 0 amide bonds. The summed E-state index contributed by atoms with van der Waals surface area (Å²) < 4.78 is 27.9. The Morgan fingerprint density at radius 2 is 2.05 bits per heavy atom. The van der Waals surface area contributed by atoms with Crippen molar-refractivity contribution in [3.05, 3.63) is 53.5 Å². The highest BCUT2D eigenvalue weighted by Crippen LogP contribution is 2.29. The molecule has 0 radical (unpaired) electrons. The van der Waals surface area contributed by atoms with Gasteiger partial charge in [0.15, 0.2) is 5.82 Å². The Morgan fingerprint density at radius 1 is 1.21 bits per heavy atom. The summed E-state index contributed by atoms with van der Waals surface area (Å²) in [6.45, 7) is 0. The molecule has 3 rings (SSSR count). The van der Waals surface area contributed by atoms with Crippen LogP contribution in [0.4, 0.5) is 14.5 Å². The van der Waals surface area contributed by atoms with E-state index in [1.165, 1.54) is 34.3 Å². The van der Waals surface area contributed by atoms with Crippen molar-refractivity contribution in [1.29, 1.82) is 0 Å². The molecule has 3 aromatic rings. The van der Waals surface area contributed by atoms with Crippen LogP contribution in [-0.4, -0.2) is 9.78 Å². The lowest BCUT2D eigenvalue weighted by atomic mass is 10.3. The Labute approximate surface area is 111 Å². The van der Waals surface area contributed by atoms with E-state index in [0.29, 0.717) is 11.4 Å². The third-order valence-corrected chi connectivity index (χ3v) is 3.53. The monoisotopic (exact) mass is 277 g/mol. The van der Waals surface area contributed by atoms with E-state index < -0.39 is 11.6 Å². The van der Waals surface area contributed by atoms with Crippen LogP contribution in [-0.2, 0) is 0 Å². The van der Waals surface area contributed by atoms with Crippen LogP contribution in [0.3, 0.4) is 0 Å². The fraction of sp³-hybridized carbons (Fsp3) is 0. The van der Waals surface area contributed by atoms with Crippen molar-refractivity contribution >= 4 is 17.0 Å². The van der Waals surface area contributed by atoms with Gasteiger partial charge in [-0.2, -0.15) is 5.10 Å². The van der Waals surface area contributed by atoms with Gasteiger partial charge in [-0.1, -0.05) is 6.07 Å². The number of benzene rings is 1. The Bertz CT molecular complexity index is 720. The lowest BCUT2D eigenvalue weighted by molar-refractivity contribution is 0.574. The molecule has 0 saturated heterocycles. The maximum absolute atomic E-state index is 13.7. The van der Waals surface area contributed by atoms with E-state index >= 15 is 0 Å². The standard InChI is InChI=1S/C13H9F2N3S/c14-8-3-4-11(9(15)6-8)18-7-10(16)13(17-18)12-2-1-5-19-12/h1-7H,16H2. The number of hydrogen-bond donors (Lipinski definition) is 1. The van der Waals surface area contributed by atoms with Crippen molar-refractivity contribution in [1.82, 2.24) is 9.78 Å². The predicted molar refractivity (Wildman–Crippen MR) is 71.2 cm³/mol. The van der Waals surface area contributed by atoms with Crippen LogP contribution >= 0.6 is 11.3 Å². The summed E-state index contributed by atoms with van der Waals surface area (Å²) >= 11 is 1.50. The van der Waals surface area contributed by atoms with E-state index in [1.807, 2.05) is 17.5 Å². The third-order valence-electron chi connectivity index (χ3n) is 2.65. The summed E-state index contributed by atoms with van der Waals surface area (Å²) in [7, 11) is 0. The van der Waals surface area contributed by atoms with E-state index in [2.05, 4.69) is 5.10 Å². The second kappa shape index (κ2) is 4.47. The first-order valence-electron chi connectivity index (χ1n) is 5.49. The van der Waals surface area contributed by atoms with Gasteiger partial charge in [-0.3, -0.25) is 0 Å². The minimum absolute atomic E-state index is 0.163. The molecule has 0 aliphatic rings. The molecule has 0 aliphatic heterocycles. The van der Waals surface area contributed by atoms with Gasteiger partial charge in [0, 0.05) is 6.07 Å².